The number of H-pyrrole nitrogens is 2. The van der Waals surface area contributed by atoms with E-state index in [-0.39, 0.29) is 11.3 Å². The summed E-state index contributed by atoms with van der Waals surface area (Å²) in [5.74, 6) is 1.25. The van der Waals surface area contributed by atoms with Crippen molar-refractivity contribution in [2.24, 2.45) is 0 Å². The molecule has 2 aromatic heterocycles. The standard InChI is InChI=1S/C22H23N5O2/c28-22-20(23-16-6-2-3-7-17(16)26-22)21-24-18-9-8-15(14-19(18)25-21)29-13-12-27-10-4-1-5-11-27/h2-3,6-9,14H,1,4-5,10-13H2,(H,24,25)(H,26,28). The summed E-state index contributed by atoms with van der Waals surface area (Å²) in [5.41, 5.74) is 3.06. The molecule has 0 unspecified atom stereocenters. The van der Waals surface area contributed by atoms with Gasteiger partial charge >= 0.3 is 0 Å². The predicted molar refractivity (Wildman–Crippen MR) is 113 cm³/mol. The van der Waals surface area contributed by atoms with Crippen molar-refractivity contribution in [3.8, 4) is 17.3 Å². The van der Waals surface area contributed by atoms with Crippen LogP contribution in [0.5, 0.6) is 5.75 Å². The van der Waals surface area contributed by atoms with Gasteiger partial charge in [0.2, 0.25) is 0 Å². The van der Waals surface area contributed by atoms with Gasteiger partial charge in [0, 0.05) is 12.6 Å². The Balaban J connectivity index is 1.36. The minimum atomic E-state index is -0.263. The van der Waals surface area contributed by atoms with Crippen molar-refractivity contribution in [3.05, 3.63) is 52.8 Å². The Kier molecular flexibility index (Phi) is 4.73. The fourth-order valence-corrected chi connectivity index (χ4v) is 3.86. The van der Waals surface area contributed by atoms with Crippen LogP contribution in [0.15, 0.2) is 47.3 Å². The summed E-state index contributed by atoms with van der Waals surface area (Å²) < 4.78 is 5.94. The summed E-state index contributed by atoms with van der Waals surface area (Å²) in [7, 11) is 0. The van der Waals surface area contributed by atoms with Gasteiger partial charge in [-0.1, -0.05) is 18.6 Å². The zero-order valence-electron chi connectivity index (χ0n) is 16.1. The summed E-state index contributed by atoms with van der Waals surface area (Å²) >= 11 is 0. The van der Waals surface area contributed by atoms with E-state index in [4.69, 9.17) is 4.74 Å². The number of nitrogens with zero attached hydrogens (tertiary/aromatic N) is 3. The van der Waals surface area contributed by atoms with Gasteiger partial charge in [-0.2, -0.15) is 0 Å². The Morgan fingerprint density at radius 3 is 2.66 bits per heavy atom. The summed E-state index contributed by atoms with van der Waals surface area (Å²) in [4.78, 5) is 30.0. The van der Waals surface area contributed by atoms with E-state index in [1.165, 1.54) is 32.4 Å². The number of likely N-dealkylation sites (tertiary alicyclic amines) is 1. The molecule has 0 saturated carbocycles. The number of nitrogens with one attached hydrogen (secondary N) is 2. The minimum Gasteiger partial charge on any atom is -0.492 e. The SMILES string of the molecule is O=c1[nH]c2ccccc2nc1-c1nc2ccc(OCCN3CCCCC3)cc2[nH]1. The first kappa shape index (κ1) is 17.9. The van der Waals surface area contributed by atoms with Gasteiger partial charge in [0.15, 0.2) is 11.5 Å². The molecule has 1 saturated heterocycles. The van der Waals surface area contributed by atoms with Crippen molar-refractivity contribution in [1.82, 2.24) is 24.8 Å². The van der Waals surface area contributed by atoms with Gasteiger partial charge in [-0.3, -0.25) is 9.69 Å². The molecule has 0 atom stereocenters. The van der Waals surface area contributed by atoms with Crippen LogP contribution in [-0.4, -0.2) is 51.1 Å². The highest BCUT2D eigenvalue weighted by atomic mass is 16.5. The lowest BCUT2D eigenvalue weighted by Gasteiger charge is -2.26. The highest BCUT2D eigenvalue weighted by Gasteiger charge is 2.13. The van der Waals surface area contributed by atoms with E-state index in [0.717, 1.165) is 28.8 Å². The van der Waals surface area contributed by atoms with Crippen LogP contribution in [0.4, 0.5) is 0 Å². The molecule has 1 aliphatic rings. The Morgan fingerprint density at radius 2 is 1.76 bits per heavy atom. The van der Waals surface area contributed by atoms with E-state index < -0.39 is 0 Å². The molecule has 148 valence electrons. The number of imidazole rings is 1. The van der Waals surface area contributed by atoms with Gasteiger partial charge in [0.25, 0.3) is 5.56 Å². The maximum absolute atomic E-state index is 12.5. The largest absolute Gasteiger partial charge is 0.492 e. The molecule has 0 radical (unpaired) electrons. The van der Waals surface area contributed by atoms with E-state index in [0.29, 0.717) is 17.9 Å². The third-order valence-electron chi connectivity index (χ3n) is 5.40. The predicted octanol–water partition coefficient (Wildman–Crippen LogP) is 3.33. The molecule has 7 nitrogen and oxygen atoms in total. The smallest absolute Gasteiger partial charge is 0.278 e. The molecule has 4 aromatic rings. The topological polar surface area (TPSA) is 86.9 Å². The zero-order chi connectivity index (χ0) is 19.6. The van der Waals surface area contributed by atoms with Crippen molar-refractivity contribution in [2.45, 2.75) is 19.3 Å². The third-order valence-corrected chi connectivity index (χ3v) is 5.40. The van der Waals surface area contributed by atoms with Crippen LogP contribution in [-0.2, 0) is 0 Å². The first-order valence-corrected chi connectivity index (χ1v) is 10.1. The lowest BCUT2D eigenvalue weighted by Crippen LogP contribution is -2.33. The van der Waals surface area contributed by atoms with Crippen molar-refractivity contribution in [3.63, 3.8) is 0 Å². The fraction of sp³-hybridized carbons (Fsp3) is 0.318. The number of aromatic nitrogens is 4. The van der Waals surface area contributed by atoms with Gasteiger partial charge in [-0.05, 0) is 50.2 Å². The van der Waals surface area contributed by atoms with Crippen LogP contribution in [0.25, 0.3) is 33.6 Å². The van der Waals surface area contributed by atoms with Crippen LogP contribution in [0, 0.1) is 0 Å². The molecule has 3 heterocycles. The van der Waals surface area contributed by atoms with Gasteiger partial charge in [0.1, 0.15) is 12.4 Å². The average molecular weight is 389 g/mol. The van der Waals surface area contributed by atoms with Crippen molar-refractivity contribution in [2.75, 3.05) is 26.2 Å². The molecular weight excluding hydrogens is 366 g/mol. The van der Waals surface area contributed by atoms with Gasteiger partial charge in [0.05, 0.1) is 22.1 Å². The molecule has 2 aromatic carbocycles. The van der Waals surface area contributed by atoms with Crippen molar-refractivity contribution < 1.29 is 4.74 Å². The number of hydrogen-bond acceptors (Lipinski definition) is 5. The quantitative estimate of drug-likeness (QED) is 0.547. The Hall–Kier alpha value is -3.19. The molecule has 5 rings (SSSR count). The fourth-order valence-electron chi connectivity index (χ4n) is 3.86. The van der Waals surface area contributed by atoms with Crippen LogP contribution in [0.2, 0.25) is 0 Å². The second-order valence-electron chi connectivity index (χ2n) is 7.45. The number of fused-ring (bicyclic) bond motifs is 2. The molecule has 0 bridgehead atoms. The highest BCUT2D eigenvalue weighted by molar-refractivity contribution is 5.81. The lowest BCUT2D eigenvalue weighted by atomic mass is 10.1. The average Bonchev–Trinajstić information content (AvgIpc) is 3.17. The molecule has 1 aliphatic heterocycles. The minimum absolute atomic E-state index is 0.263. The number of ether oxygens (including phenoxy) is 1. The molecule has 7 heteroatoms. The van der Waals surface area contributed by atoms with E-state index in [9.17, 15) is 4.79 Å². The van der Waals surface area contributed by atoms with Crippen molar-refractivity contribution in [1.29, 1.82) is 0 Å². The molecule has 0 aliphatic carbocycles. The number of piperidine rings is 1. The second-order valence-corrected chi connectivity index (χ2v) is 7.45. The van der Waals surface area contributed by atoms with Crippen LogP contribution >= 0.6 is 0 Å². The maximum atomic E-state index is 12.5. The zero-order valence-corrected chi connectivity index (χ0v) is 16.1. The van der Waals surface area contributed by atoms with E-state index >= 15 is 0 Å². The van der Waals surface area contributed by atoms with Crippen LogP contribution in [0.1, 0.15) is 19.3 Å². The van der Waals surface area contributed by atoms with Crippen LogP contribution in [0.3, 0.4) is 0 Å². The monoisotopic (exact) mass is 389 g/mol. The summed E-state index contributed by atoms with van der Waals surface area (Å²) in [6.07, 6.45) is 3.90. The van der Waals surface area contributed by atoms with E-state index in [2.05, 4.69) is 24.8 Å². The number of hydrogen-bond donors (Lipinski definition) is 2. The second kappa shape index (κ2) is 7.67. The number of benzene rings is 2. The Bertz CT molecular complexity index is 1210. The highest BCUT2D eigenvalue weighted by Crippen LogP contribution is 2.22. The lowest BCUT2D eigenvalue weighted by molar-refractivity contribution is 0.183. The number of para-hydroxylation sites is 2. The van der Waals surface area contributed by atoms with E-state index in [1.807, 2.05) is 42.5 Å². The summed E-state index contributed by atoms with van der Waals surface area (Å²) in [5, 5.41) is 0. The molecule has 0 amide bonds. The van der Waals surface area contributed by atoms with Crippen LogP contribution < -0.4 is 10.3 Å². The Labute approximate surface area is 167 Å². The van der Waals surface area contributed by atoms with Crippen molar-refractivity contribution >= 4 is 22.1 Å². The molecule has 2 N–H and O–H groups in total. The Morgan fingerprint density at radius 1 is 0.931 bits per heavy atom. The normalized spacial score (nSPS) is 15.2. The number of aromatic amines is 2. The van der Waals surface area contributed by atoms with Gasteiger partial charge in [-0.25, -0.2) is 9.97 Å². The first-order valence-electron chi connectivity index (χ1n) is 10.1. The number of rotatable bonds is 5. The molecule has 29 heavy (non-hydrogen) atoms. The summed E-state index contributed by atoms with van der Waals surface area (Å²) in [6, 6.07) is 13.2. The third kappa shape index (κ3) is 3.73. The van der Waals surface area contributed by atoms with E-state index in [1.54, 1.807) is 0 Å². The summed E-state index contributed by atoms with van der Waals surface area (Å²) in [6.45, 7) is 3.94. The molecule has 0 spiro atoms. The maximum Gasteiger partial charge on any atom is 0.278 e. The molecular formula is C22H23N5O2. The molecule has 1 fully saturated rings. The van der Waals surface area contributed by atoms with Gasteiger partial charge < -0.3 is 14.7 Å². The van der Waals surface area contributed by atoms with Gasteiger partial charge in [-0.15, -0.1) is 0 Å². The first-order chi connectivity index (χ1) is 14.3.